The number of para-hydroxylation sites is 1. The molecule has 2 rings (SSSR count). The first-order chi connectivity index (χ1) is 8.90. The van der Waals surface area contributed by atoms with Crippen LogP contribution < -0.4 is 4.74 Å². The molecule has 1 N–H and O–H groups in total. The van der Waals surface area contributed by atoms with E-state index in [4.69, 9.17) is 4.74 Å². The van der Waals surface area contributed by atoms with Gasteiger partial charge in [-0.1, -0.05) is 12.1 Å². The highest BCUT2D eigenvalue weighted by atomic mass is 16.5. The molecule has 0 amide bonds. The second-order valence-corrected chi connectivity index (χ2v) is 5.23. The third-order valence-electron chi connectivity index (χ3n) is 2.74. The van der Waals surface area contributed by atoms with Gasteiger partial charge in [-0.05, 0) is 32.4 Å². The lowest BCUT2D eigenvalue weighted by Crippen LogP contribution is -2.26. The van der Waals surface area contributed by atoms with E-state index in [1.807, 2.05) is 25.1 Å². The van der Waals surface area contributed by atoms with Crippen molar-refractivity contribution in [3.05, 3.63) is 30.1 Å². The summed E-state index contributed by atoms with van der Waals surface area (Å²) in [6, 6.07) is 5.86. The number of methoxy groups -OCH3 is 1. The summed E-state index contributed by atoms with van der Waals surface area (Å²) in [7, 11) is 1.64. The smallest absolute Gasteiger partial charge is 0.184 e. The molecule has 2 aromatic rings. The third-order valence-corrected chi connectivity index (χ3v) is 2.74. The predicted molar refractivity (Wildman–Crippen MR) is 73.0 cm³/mol. The zero-order chi connectivity index (χ0) is 14.0. The molecule has 0 unspecified atom stereocenters. The SMILES string of the molecule is COc1c(C)cccc1-c1ncn(CC(C)(C)O)n1. The molecular weight excluding hydrogens is 242 g/mol. The number of hydrogen-bond donors (Lipinski definition) is 1. The fourth-order valence-corrected chi connectivity index (χ4v) is 1.99. The van der Waals surface area contributed by atoms with Crippen molar-refractivity contribution in [2.24, 2.45) is 0 Å². The molecule has 0 spiro atoms. The average Bonchev–Trinajstić information content (AvgIpc) is 2.74. The van der Waals surface area contributed by atoms with Gasteiger partial charge in [0.2, 0.25) is 0 Å². The summed E-state index contributed by atoms with van der Waals surface area (Å²) in [5.74, 6) is 1.38. The van der Waals surface area contributed by atoms with Gasteiger partial charge < -0.3 is 9.84 Å². The highest BCUT2D eigenvalue weighted by Gasteiger charge is 2.16. The van der Waals surface area contributed by atoms with Crippen LogP contribution in [0.2, 0.25) is 0 Å². The average molecular weight is 261 g/mol. The molecule has 5 nitrogen and oxygen atoms in total. The molecule has 19 heavy (non-hydrogen) atoms. The van der Waals surface area contributed by atoms with Gasteiger partial charge in [-0.3, -0.25) is 0 Å². The Balaban J connectivity index is 2.36. The number of aromatic nitrogens is 3. The van der Waals surface area contributed by atoms with Crippen LogP contribution in [0.1, 0.15) is 19.4 Å². The number of rotatable bonds is 4. The second kappa shape index (κ2) is 5.01. The van der Waals surface area contributed by atoms with Crippen LogP contribution >= 0.6 is 0 Å². The lowest BCUT2D eigenvalue weighted by atomic mass is 10.1. The van der Waals surface area contributed by atoms with Crippen LogP contribution in [0, 0.1) is 6.92 Å². The van der Waals surface area contributed by atoms with E-state index < -0.39 is 5.60 Å². The van der Waals surface area contributed by atoms with Crippen LogP contribution in [0.4, 0.5) is 0 Å². The Morgan fingerprint density at radius 1 is 1.37 bits per heavy atom. The van der Waals surface area contributed by atoms with Crippen LogP contribution in [0.15, 0.2) is 24.5 Å². The van der Waals surface area contributed by atoms with Gasteiger partial charge in [0.15, 0.2) is 5.82 Å². The van der Waals surface area contributed by atoms with Gasteiger partial charge >= 0.3 is 0 Å². The number of ether oxygens (including phenoxy) is 1. The fourth-order valence-electron chi connectivity index (χ4n) is 1.99. The normalized spacial score (nSPS) is 11.6. The topological polar surface area (TPSA) is 60.2 Å². The monoisotopic (exact) mass is 261 g/mol. The van der Waals surface area contributed by atoms with Gasteiger partial charge in [-0.2, -0.15) is 5.10 Å². The van der Waals surface area contributed by atoms with Gasteiger partial charge in [0.25, 0.3) is 0 Å². The minimum atomic E-state index is -0.818. The van der Waals surface area contributed by atoms with Crippen LogP contribution in [-0.4, -0.2) is 32.6 Å². The van der Waals surface area contributed by atoms with E-state index in [0.29, 0.717) is 12.4 Å². The molecule has 1 heterocycles. The van der Waals surface area contributed by atoms with Gasteiger partial charge in [0.1, 0.15) is 12.1 Å². The Labute approximate surface area is 112 Å². The maximum atomic E-state index is 9.78. The molecule has 0 radical (unpaired) electrons. The Hall–Kier alpha value is -1.88. The number of aryl methyl sites for hydroxylation is 1. The number of hydrogen-bond acceptors (Lipinski definition) is 4. The molecule has 1 aromatic heterocycles. The third kappa shape index (κ3) is 3.12. The summed E-state index contributed by atoms with van der Waals surface area (Å²) in [4.78, 5) is 4.28. The number of nitrogens with zero attached hydrogens (tertiary/aromatic N) is 3. The minimum absolute atomic E-state index is 0.397. The van der Waals surface area contributed by atoms with Gasteiger partial charge in [0, 0.05) is 0 Å². The maximum Gasteiger partial charge on any atom is 0.184 e. The molecule has 0 aliphatic rings. The molecule has 1 aromatic carbocycles. The number of benzene rings is 1. The highest BCUT2D eigenvalue weighted by molar-refractivity contribution is 5.65. The van der Waals surface area contributed by atoms with Crippen LogP contribution in [0.25, 0.3) is 11.4 Å². The summed E-state index contributed by atoms with van der Waals surface area (Å²) < 4.78 is 7.04. The van der Waals surface area contributed by atoms with Crippen LogP contribution in [-0.2, 0) is 6.54 Å². The molecule has 0 aliphatic heterocycles. The van der Waals surface area contributed by atoms with Gasteiger partial charge in [-0.15, -0.1) is 0 Å². The second-order valence-electron chi connectivity index (χ2n) is 5.23. The van der Waals surface area contributed by atoms with Crippen molar-refractivity contribution in [1.29, 1.82) is 0 Å². The molecule has 0 fully saturated rings. The standard InChI is InChI=1S/C14H19N3O2/c1-10-6-5-7-11(12(10)19-4)13-15-9-17(16-13)8-14(2,3)18/h5-7,9,18H,8H2,1-4H3. The number of aliphatic hydroxyl groups is 1. The summed E-state index contributed by atoms with van der Waals surface area (Å²) in [5.41, 5.74) is 1.08. The van der Waals surface area contributed by atoms with Gasteiger partial charge in [0.05, 0.1) is 24.8 Å². The predicted octanol–water partition coefficient (Wildman–Crippen LogP) is 2.03. The summed E-state index contributed by atoms with van der Waals surface area (Å²) in [6.45, 7) is 5.85. The zero-order valence-corrected chi connectivity index (χ0v) is 11.7. The summed E-state index contributed by atoms with van der Waals surface area (Å²) >= 11 is 0. The molecule has 5 heteroatoms. The van der Waals surface area contributed by atoms with E-state index in [9.17, 15) is 5.11 Å². The van der Waals surface area contributed by atoms with E-state index in [2.05, 4.69) is 10.1 Å². The Morgan fingerprint density at radius 2 is 2.11 bits per heavy atom. The molecule has 0 atom stereocenters. The molecule has 0 aliphatic carbocycles. The first-order valence-corrected chi connectivity index (χ1v) is 6.16. The molecule has 0 saturated heterocycles. The van der Waals surface area contributed by atoms with Crippen molar-refractivity contribution in [2.75, 3.05) is 7.11 Å². The minimum Gasteiger partial charge on any atom is -0.496 e. The lowest BCUT2D eigenvalue weighted by molar-refractivity contribution is 0.0577. The highest BCUT2D eigenvalue weighted by Crippen LogP contribution is 2.30. The molecular formula is C14H19N3O2. The van der Waals surface area contributed by atoms with Crippen molar-refractivity contribution in [2.45, 2.75) is 32.9 Å². The van der Waals surface area contributed by atoms with Gasteiger partial charge in [-0.25, -0.2) is 9.67 Å². The maximum absolute atomic E-state index is 9.78. The largest absolute Gasteiger partial charge is 0.496 e. The van der Waals surface area contributed by atoms with Crippen molar-refractivity contribution in [1.82, 2.24) is 14.8 Å². The molecule has 102 valence electrons. The van der Waals surface area contributed by atoms with E-state index >= 15 is 0 Å². The van der Waals surface area contributed by atoms with Crippen molar-refractivity contribution >= 4 is 0 Å². The summed E-state index contributed by atoms with van der Waals surface area (Å²) in [5, 5.41) is 14.2. The summed E-state index contributed by atoms with van der Waals surface area (Å²) in [6.07, 6.45) is 1.62. The van der Waals surface area contributed by atoms with Crippen molar-refractivity contribution < 1.29 is 9.84 Å². The van der Waals surface area contributed by atoms with Crippen LogP contribution in [0.5, 0.6) is 5.75 Å². The van der Waals surface area contributed by atoms with E-state index in [-0.39, 0.29) is 0 Å². The lowest BCUT2D eigenvalue weighted by Gasteiger charge is -2.15. The Morgan fingerprint density at radius 3 is 2.74 bits per heavy atom. The Bertz CT molecular complexity index is 570. The van der Waals surface area contributed by atoms with Crippen molar-refractivity contribution in [3.63, 3.8) is 0 Å². The van der Waals surface area contributed by atoms with E-state index in [1.54, 1.807) is 32.0 Å². The first kappa shape index (κ1) is 13.5. The zero-order valence-electron chi connectivity index (χ0n) is 11.7. The first-order valence-electron chi connectivity index (χ1n) is 6.16. The quantitative estimate of drug-likeness (QED) is 0.915. The van der Waals surface area contributed by atoms with E-state index in [0.717, 1.165) is 16.9 Å². The molecule has 0 saturated carbocycles. The Kier molecular flexibility index (Phi) is 3.57. The van der Waals surface area contributed by atoms with Crippen LogP contribution in [0.3, 0.4) is 0 Å². The van der Waals surface area contributed by atoms with Crippen molar-refractivity contribution in [3.8, 4) is 17.1 Å². The fraction of sp³-hybridized carbons (Fsp3) is 0.429. The van der Waals surface area contributed by atoms with E-state index in [1.165, 1.54) is 0 Å². The molecule has 0 bridgehead atoms.